The summed E-state index contributed by atoms with van der Waals surface area (Å²) in [5.41, 5.74) is 0. The van der Waals surface area contributed by atoms with Gasteiger partial charge in [0.15, 0.2) is 6.29 Å². The van der Waals surface area contributed by atoms with Crippen molar-refractivity contribution in [3.8, 4) is 0 Å². The van der Waals surface area contributed by atoms with Gasteiger partial charge in [-0.15, -0.1) is 0 Å². The molecule has 0 radical (unpaired) electrons. The summed E-state index contributed by atoms with van der Waals surface area (Å²) in [4.78, 5) is 0. The minimum absolute atomic E-state index is 0.664. The van der Waals surface area contributed by atoms with Crippen LogP contribution in [0.1, 0.15) is 6.92 Å². The maximum Gasteiger partial charge on any atom is 0.183 e. The van der Waals surface area contributed by atoms with Crippen molar-refractivity contribution < 1.29 is 25.2 Å². The lowest BCUT2D eigenvalue weighted by molar-refractivity contribution is -0.277. The van der Waals surface area contributed by atoms with E-state index in [1.807, 2.05) is 0 Å². The zero-order chi connectivity index (χ0) is 8.59. The van der Waals surface area contributed by atoms with E-state index in [2.05, 4.69) is 4.74 Å². The van der Waals surface area contributed by atoms with Crippen molar-refractivity contribution in [3.05, 3.63) is 0 Å². The third kappa shape index (κ3) is 1.52. The maximum absolute atomic E-state index is 9.09. The average Bonchev–Trinajstić information content (AvgIpc) is 1.97. The normalized spacial score (nSPS) is 52.6. The Bertz CT molecular complexity index is 125. The van der Waals surface area contributed by atoms with E-state index in [1.54, 1.807) is 0 Å². The van der Waals surface area contributed by atoms with Crippen LogP contribution in [0.4, 0.5) is 0 Å². The van der Waals surface area contributed by atoms with Crippen molar-refractivity contribution in [3.63, 3.8) is 0 Å². The number of hydrogen-bond acceptors (Lipinski definition) is 5. The lowest BCUT2D eigenvalue weighted by Crippen LogP contribution is -2.56. The molecule has 0 aromatic heterocycles. The molecule has 5 nitrogen and oxygen atoms in total. The molecular formula is C6H12O5. The number of aliphatic hydroxyl groups excluding tert-OH is 4. The number of ether oxygens (including phenoxy) is 1. The molecule has 1 fully saturated rings. The van der Waals surface area contributed by atoms with Gasteiger partial charge in [-0.1, -0.05) is 0 Å². The molecule has 5 heteroatoms. The van der Waals surface area contributed by atoms with Gasteiger partial charge in [-0.05, 0) is 6.92 Å². The SMILES string of the molecule is CC1O[C@@H](O)C(O)[C@H](O)[C@H]1O. The fraction of sp³-hybridized carbons (Fsp3) is 1.00. The molecule has 1 saturated heterocycles. The standard InChI is InChI=1S/C6H12O5/c1-2-3(7)4(8)5(9)6(10)11-2/h2-10H,1H3/t2?,3-,4+,5?,6+/m0/s1. The summed E-state index contributed by atoms with van der Waals surface area (Å²) in [6, 6.07) is 0. The first-order valence-corrected chi connectivity index (χ1v) is 3.41. The smallest absolute Gasteiger partial charge is 0.183 e. The highest BCUT2D eigenvalue weighted by Crippen LogP contribution is 2.18. The molecule has 1 aliphatic rings. The highest BCUT2D eigenvalue weighted by atomic mass is 16.6. The largest absolute Gasteiger partial charge is 0.388 e. The number of aliphatic hydroxyl groups is 4. The van der Waals surface area contributed by atoms with E-state index in [0.29, 0.717) is 0 Å². The second-order valence-electron chi connectivity index (χ2n) is 2.70. The molecular weight excluding hydrogens is 152 g/mol. The van der Waals surface area contributed by atoms with E-state index in [9.17, 15) is 0 Å². The molecule has 0 saturated carbocycles. The Balaban J connectivity index is 2.63. The van der Waals surface area contributed by atoms with Crippen LogP contribution in [0.15, 0.2) is 0 Å². The van der Waals surface area contributed by atoms with Crippen LogP contribution in [0, 0.1) is 0 Å². The summed E-state index contributed by atoms with van der Waals surface area (Å²) < 4.78 is 4.68. The van der Waals surface area contributed by atoms with Crippen molar-refractivity contribution in [1.82, 2.24) is 0 Å². The van der Waals surface area contributed by atoms with Crippen molar-refractivity contribution in [2.75, 3.05) is 0 Å². The quantitative estimate of drug-likeness (QED) is 0.326. The molecule has 0 aromatic carbocycles. The fourth-order valence-corrected chi connectivity index (χ4v) is 1.03. The molecule has 0 spiro atoms. The summed E-state index contributed by atoms with van der Waals surface area (Å²) in [6.07, 6.45) is -5.99. The van der Waals surface area contributed by atoms with Gasteiger partial charge in [0.2, 0.25) is 0 Å². The average molecular weight is 164 g/mol. The number of hydrogen-bond donors (Lipinski definition) is 4. The van der Waals surface area contributed by atoms with Crippen LogP contribution in [0.2, 0.25) is 0 Å². The molecule has 1 rings (SSSR count). The molecule has 0 bridgehead atoms. The fourth-order valence-electron chi connectivity index (χ4n) is 1.03. The van der Waals surface area contributed by atoms with Crippen LogP contribution in [-0.2, 0) is 4.74 Å². The second-order valence-corrected chi connectivity index (χ2v) is 2.70. The zero-order valence-corrected chi connectivity index (χ0v) is 6.08. The van der Waals surface area contributed by atoms with Gasteiger partial charge in [-0.25, -0.2) is 0 Å². The molecule has 1 heterocycles. The predicted molar refractivity (Wildman–Crippen MR) is 34.6 cm³/mol. The summed E-state index contributed by atoms with van der Waals surface area (Å²) in [6.45, 7) is 1.50. The monoisotopic (exact) mass is 164 g/mol. The molecule has 1 aliphatic heterocycles. The Morgan fingerprint density at radius 3 is 2.00 bits per heavy atom. The molecule has 0 amide bonds. The van der Waals surface area contributed by atoms with Gasteiger partial charge < -0.3 is 25.2 Å². The van der Waals surface area contributed by atoms with Gasteiger partial charge >= 0.3 is 0 Å². The Morgan fingerprint density at radius 1 is 0.909 bits per heavy atom. The Hall–Kier alpha value is -0.200. The van der Waals surface area contributed by atoms with E-state index in [-0.39, 0.29) is 0 Å². The minimum atomic E-state index is -1.43. The summed E-state index contributed by atoms with van der Waals surface area (Å²) in [5.74, 6) is 0. The molecule has 66 valence electrons. The van der Waals surface area contributed by atoms with Gasteiger partial charge in [-0.3, -0.25) is 0 Å². The topological polar surface area (TPSA) is 90.2 Å². The van der Waals surface area contributed by atoms with Crippen LogP contribution < -0.4 is 0 Å². The first kappa shape index (κ1) is 8.89. The Morgan fingerprint density at radius 2 is 1.45 bits per heavy atom. The predicted octanol–water partition coefficient (Wildman–Crippen LogP) is -2.19. The third-order valence-corrected chi connectivity index (χ3v) is 1.83. The van der Waals surface area contributed by atoms with Crippen molar-refractivity contribution >= 4 is 0 Å². The molecule has 0 aliphatic carbocycles. The van der Waals surface area contributed by atoms with Crippen molar-refractivity contribution in [2.45, 2.75) is 37.6 Å². The van der Waals surface area contributed by atoms with Gasteiger partial charge in [0, 0.05) is 0 Å². The van der Waals surface area contributed by atoms with Crippen LogP contribution in [-0.4, -0.2) is 51.1 Å². The maximum atomic E-state index is 9.09. The van der Waals surface area contributed by atoms with Crippen LogP contribution in [0.5, 0.6) is 0 Å². The van der Waals surface area contributed by atoms with E-state index in [4.69, 9.17) is 20.4 Å². The summed E-state index contributed by atoms with van der Waals surface area (Å²) in [7, 11) is 0. The van der Waals surface area contributed by atoms with E-state index >= 15 is 0 Å². The highest BCUT2D eigenvalue weighted by Gasteiger charge is 2.40. The number of rotatable bonds is 0. The van der Waals surface area contributed by atoms with Gasteiger partial charge in [-0.2, -0.15) is 0 Å². The molecule has 4 N–H and O–H groups in total. The first-order chi connectivity index (χ1) is 5.04. The lowest BCUT2D eigenvalue weighted by Gasteiger charge is -2.36. The van der Waals surface area contributed by atoms with E-state index < -0.39 is 30.7 Å². The minimum Gasteiger partial charge on any atom is -0.388 e. The molecule has 11 heavy (non-hydrogen) atoms. The summed E-state index contributed by atoms with van der Waals surface area (Å²) in [5, 5.41) is 36.0. The Kier molecular flexibility index (Phi) is 2.46. The van der Waals surface area contributed by atoms with Crippen LogP contribution in [0.25, 0.3) is 0 Å². The van der Waals surface area contributed by atoms with Gasteiger partial charge in [0.25, 0.3) is 0 Å². The van der Waals surface area contributed by atoms with E-state index in [1.165, 1.54) is 6.92 Å². The summed E-state index contributed by atoms with van der Waals surface area (Å²) >= 11 is 0. The van der Waals surface area contributed by atoms with Crippen LogP contribution in [0.3, 0.4) is 0 Å². The third-order valence-electron chi connectivity index (χ3n) is 1.83. The second kappa shape index (κ2) is 3.04. The first-order valence-electron chi connectivity index (χ1n) is 3.41. The molecule has 2 unspecified atom stereocenters. The lowest BCUT2D eigenvalue weighted by atomic mass is 10.0. The van der Waals surface area contributed by atoms with Crippen molar-refractivity contribution in [2.24, 2.45) is 0 Å². The zero-order valence-electron chi connectivity index (χ0n) is 6.08. The molecule has 0 aromatic rings. The highest BCUT2D eigenvalue weighted by molar-refractivity contribution is 4.86. The van der Waals surface area contributed by atoms with E-state index in [0.717, 1.165) is 0 Å². The molecule has 5 atom stereocenters. The van der Waals surface area contributed by atoms with Gasteiger partial charge in [0.1, 0.15) is 18.3 Å². The Labute approximate surface area is 63.8 Å². The van der Waals surface area contributed by atoms with Gasteiger partial charge in [0.05, 0.1) is 6.10 Å². The van der Waals surface area contributed by atoms with Crippen molar-refractivity contribution in [1.29, 1.82) is 0 Å². The van der Waals surface area contributed by atoms with Crippen LogP contribution >= 0.6 is 0 Å².